The summed E-state index contributed by atoms with van der Waals surface area (Å²) in [4.78, 5) is 26.7. The van der Waals surface area contributed by atoms with Crippen molar-refractivity contribution >= 4 is 23.4 Å². The molecule has 184 valence electrons. The first-order valence-corrected chi connectivity index (χ1v) is 12.0. The first-order chi connectivity index (χ1) is 16.4. The Hall–Kier alpha value is -2.87. The molecule has 34 heavy (non-hydrogen) atoms. The Kier molecular flexibility index (Phi) is 9.94. The molecule has 7 nitrogen and oxygen atoms in total. The molecule has 0 spiro atoms. The van der Waals surface area contributed by atoms with Crippen molar-refractivity contribution in [3.8, 4) is 11.5 Å². The molecule has 2 amide bonds. The molecule has 0 radical (unpaired) electrons. The first kappa shape index (κ1) is 25.7. The fraction of sp³-hybridized carbons (Fsp3) is 0.480. The zero-order valence-corrected chi connectivity index (χ0v) is 19.9. The summed E-state index contributed by atoms with van der Waals surface area (Å²) in [6, 6.07) is 7.72. The van der Waals surface area contributed by atoms with Crippen molar-refractivity contribution in [2.75, 3.05) is 6.61 Å². The Labute approximate surface area is 204 Å². The molecule has 0 atom stereocenters. The Morgan fingerprint density at radius 3 is 2.47 bits per heavy atom. The van der Waals surface area contributed by atoms with Crippen molar-refractivity contribution in [3.63, 3.8) is 0 Å². The second-order valence-electron chi connectivity index (χ2n) is 8.54. The number of nitrogens with one attached hydrogen (secondary N) is 1. The summed E-state index contributed by atoms with van der Waals surface area (Å²) in [5.74, 6) is 0.270. The second-order valence-corrected chi connectivity index (χ2v) is 8.94. The molecule has 3 N–H and O–H groups in total. The standard InChI is InChI=1S/C17H24N2O2.C8H7ClFNO2/c20-17(13-5-2-1-3-6-13)19-12-14-11-16(9-10-18-14)21-15-7-4-8-15;9-6-2-1-5(3-7(6)10)13-4-8(11)12/h9-11,13,15H,1-8,12H2,(H,19,20);1-3H,4H2,(H2,11,12). The largest absolute Gasteiger partial charge is 0.490 e. The lowest BCUT2D eigenvalue weighted by Gasteiger charge is -2.26. The van der Waals surface area contributed by atoms with Crippen molar-refractivity contribution in [3.05, 3.63) is 53.1 Å². The average Bonchev–Trinajstić information content (AvgIpc) is 2.82. The fourth-order valence-corrected chi connectivity index (χ4v) is 3.83. The summed E-state index contributed by atoms with van der Waals surface area (Å²) >= 11 is 5.42. The van der Waals surface area contributed by atoms with E-state index in [-0.39, 0.29) is 29.2 Å². The van der Waals surface area contributed by atoms with Crippen LogP contribution in [0.2, 0.25) is 5.02 Å². The smallest absolute Gasteiger partial charge is 0.255 e. The highest BCUT2D eigenvalue weighted by Gasteiger charge is 2.21. The number of amides is 2. The van der Waals surface area contributed by atoms with Gasteiger partial charge in [-0.1, -0.05) is 30.9 Å². The number of hydrogen-bond acceptors (Lipinski definition) is 5. The molecule has 1 heterocycles. The van der Waals surface area contributed by atoms with Gasteiger partial charge < -0.3 is 20.5 Å². The minimum Gasteiger partial charge on any atom is -0.490 e. The van der Waals surface area contributed by atoms with Crippen LogP contribution in [0.5, 0.6) is 11.5 Å². The van der Waals surface area contributed by atoms with E-state index in [1.54, 1.807) is 6.20 Å². The van der Waals surface area contributed by atoms with Crippen LogP contribution < -0.4 is 20.5 Å². The van der Waals surface area contributed by atoms with E-state index in [2.05, 4.69) is 10.3 Å². The quantitative estimate of drug-likeness (QED) is 0.563. The van der Waals surface area contributed by atoms with Crippen LogP contribution in [0.4, 0.5) is 4.39 Å². The van der Waals surface area contributed by atoms with E-state index < -0.39 is 11.7 Å². The highest BCUT2D eigenvalue weighted by atomic mass is 35.5. The molecule has 1 aromatic carbocycles. The van der Waals surface area contributed by atoms with E-state index in [1.165, 1.54) is 37.8 Å². The highest BCUT2D eigenvalue weighted by molar-refractivity contribution is 6.30. The van der Waals surface area contributed by atoms with Gasteiger partial charge in [0.1, 0.15) is 17.3 Å². The molecule has 0 unspecified atom stereocenters. The van der Waals surface area contributed by atoms with E-state index in [0.717, 1.165) is 43.2 Å². The Balaban J connectivity index is 0.000000215. The minimum absolute atomic E-state index is 0.00595. The molecule has 0 aliphatic heterocycles. The molecule has 2 aliphatic rings. The van der Waals surface area contributed by atoms with E-state index in [1.807, 2.05) is 12.1 Å². The zero-order chi connectivity index (χ0) is 24.3. The number of aromatic nitrogens is 1. The minimum atomic E-state index is -0.615. The lowest BCUT2D eigenvalue weighted by molar-refractivity contribution is -0.126. The topological polar surface area (TPSA) is 104 Å². The van der Waals surface area contributed by atoms with E-state index in [0.29, 0.717) is 12.6 Å². The number of nitrogens with zero attached hydrogens (tertiary/aromatic N) is 1. The number of rotatable bonds is 8. The molecular formula is C25H31ClFN3O4. The Morgan fingerprint density at radius 2 is 1.82 bits per heavy atom. The van der Waals surface area contributed by atoms with Crippen LogP contribution in [-0.2, 0) is 16.1 Å². The second kappa shape index (κ2) is 13.1. The predicted octanol–water partition coefficient (Wildman–Crippen LogP) is 4.55. The zero-order valence-electron chi connectivity index (χ0n) is 19.1. The molecule has 2 fully saturated rings. The van der Waals surface area contributed by atoms with Gasteiger partial charge in [-0.15, -0.1) is 0 Å². The predicted molar refractivity (Wildman–Crippen MR) is 127 cm³/mol. The first-order valence-electron chi connectivity index (χ1n) is 11.7. The van der Waals surface area contributed by atoms with E-state index in [4.69, 9.17) is 26.8 Å². The van der Waals surface area contributed by atoms with Crippen molar-refractivity contribution in [2.24, 2.45) is 11.7 Å². The van der Waals surface area contributed by atoms with Gasteiger partial charge >= 0.3 is 0 Å². The third-order valence-electron chi connectivity index (χ3n) is 5.83. The average molecular weight is 492 g/mol. The number of hydrogen-bond donors (Lipinski definition) is 2. The summed E-state index contributed by atoms with van der Waals surface area (Å²) in [5.41, 5.74) is 5.70. The fourth-order valence-electron chi connectivity index (χ4n) is 3.72. The van der Waals surface area contributed by atoms with Gasteiger partial charge in [0.05, 0.1) is 23.4 Å². The summed E-state index contributed by atoms with van der Waals surface area (Å²) in [6.45, 7) is 0.221. The Bertz CT molecular complexity index is 965. The van der Waals surface area contributed by atoms with Gasteiger partial charge in [-0.2, -0.15) is 0 Å². The maximum atomic E-state index is 12.8. The van der Waals surface area contributed by atoms with Gasteiger partial charge in [-0.05, 0) is 50.3 Å². The van der Waals surface area contributed by atoms with Gasteiger partial charge in [0.25, 0.3) is 5.91 Å². The van der Waals surface area contributed by atoms with Crippen LogP contribution in [0, 0.1) is 11.7 Å². The summed E-state index contributed by atoms with van der Waals surface area (Å²) < 4.78 is 23.5. The van der Waals surface area contributed by atoms with Crippen LogP contribution in [0.15, 0.2) is 36.5 Å². The molecule has 1 aromatic heterocycles. The summed E-state index contributed by atoms with van der Waals surface area (Å²) in [7, 11) is 0. The van der Waals surface area contributed by atoms with Crippen LogP contribution in [0.3, 0.4) is 0 Å². The summed E-state index contributed by atoms with van der Waals surface area (Å²) in [5, 5.41) is 3.03. The van der Waals surface area contributed by atoms with Crippen molar-refractivity contribution in [2.45, 2.75) is 64.0 Å². The van der Waals surface area contributed by atoms with Crippen molar-refractivity contribution in [1.29, 1.82) is 0 Å². The monoisotopic (exact) mass is 491 g/mol. The molecule has 2 aliphatic carbocycles. The number of primary amides is 1. The third kappa shape index (κ3) is 8.48. The SMILES string of the molecule is NC(=O)COc1ccc(Cl)c(F)c1.O=C(NCc1cc(OC2CCC2)ccn1)C1CCCCC1. The van der Waals surface area contributed by atoms with E-state index in [9.17, 15) is 14.0 Å². The number of benzene rings is 1. The van der Waals surface area contributed by atoms with Gasteiger partial charge in [-0.25, -0.2) is 4.39 Å². The lowest BCUT2D eigenvalue weighted by Crippen LogP contribution is -2.31. The van der Waals surface area contributed by atoms with Gasteiger partial charge in [0, 0.05) is 24.2 Å². The number of carbonyl (C=O) groups is 2. The number of pyridine rings is 1. The number of ether oxygens (including phenoxy) is 2. The van der Waals surface area contributed by atoms with E-state index >= 15 is 0 Å². The van der Waals surface area contributed by atoms with Gasteiger partial charge in [0.2, 0.25) is 5.91 Å². The maximum absolute atomic E-state index is 12.8. The van der Waals surface area contributed by atoms with Gasteiger partial charge in [0.15, 0.2) is 6.61 Å². The summed E-state index contributed by atoms with van der Waals surface area (Å²) in [6.07, 6.45) is 11.4. The molecule has 0 saturated heterocycles. The number of halogens is 2. The van der Waals surface area contributed by atoms with Crippen LogP contribution in [-0.4, -0.2) is 29.5 Å². The molecule has 0 bridgehead atoms. The number of nitrogens with two attached hydrogens (primary N) is 1. The molecule has 9 heteroatoms. The maximum Gasteiger partial charge on any atom is 0.255 e. The lowest BCUT2D eigenvalue weighted by atomic mass is 9.89. The Morgan fingerprint density at radius 1 is 1.06 bits per heavy atom. The molecule has 2 saturated carbocycles. The molecular weight excluding hydrogens is 461 g/mol. The van der Waals surface area contributed by atoms with Gasteiger partial charge in [-0.3, -0.25) is 14.6 Å². The third-order valence-corrected chi connectivity index (χ3v) is 6.14. The van der Waals surface area contributed by atoms with Crippen LogP contribution in [0.1, 0.15) is 57.1 Å². The molecule has 2 aromatic rings. The molecule has 4 rings (SSSR count). The van der Waals surface area contributed by atoms with Crippen LogP contribution >= 0.6 is 11.6 Å². The number of carbonyl (C=O) groups excluding carboxylic acids is 2. The van der Waals surface area contributed by atoms with Crippen LogP contribution in [0.25, 0.3) is 0 Å². The highest BCUT2D eigenvalue weighted by Crippen LogP contribution is 2.26. The van der Waals surface area contributed by atoms with Crippen molar-refractivity contribution < 1.29 is 23.5 Å². The van der Waals surface area contributed by atoms with Crippen molar-refractivity contribution in [1.82, 2.24) is 10.3 Å². The normalized spacial score (nSPS) is 15.9.